The summed E-state index contributed by atoms with van der Waals surface area (Å²) >= 11 is 0. The summed E-state index contributed by atoms with van der Waals surface area (Å²) in [4.78, 5) is 10.4. The molecule has 8 aromatic carbocycles. The van der Waals surface area contributed by atoms with Gasteiger partial charge in [-0.2, -0.15) is 0 Å². The molecule has 0 bridgehead atoms. The van der Waals surface area contributed by atoms with E-state index in [9.17, 15) is 5.11 Å². The number of aromatic nitrogens is 3. The number of benzene rings is 8. The van der Waals surface area contributed by atoms with E-state index in [1.54, 1.807) is 18.3 Å². The van der Waals surface area contributed by atoms with E-state index in [1.807, 2.05) is 97.1 Å². The van der Waals surface area contributed by atoms with Crippen LogP contribution >= 0.6 is 0 Å². The van der Waals surface area contributed by atoms with Crippen LogP contribution in [0.15, 0.2) is 200 Å². The molecular weight excluding hydrogens is 998 g/mol. The van der Waals surface area contributed by atoms with Crippen LogP contribution in [0.4, 0.5) is 0 Å². The molecule has 0 aliphatic rings. The topological polar surface area (TPSA) is 50.9 Å². The van der Waals surface area contributed by atoms with Crippen LogP contribution in [0, 0.1) is 12.9 Å². The number of para-hydroxylation sites is 3. The molecule has 2 heterocycles. The van der Waals surface area contributed by atoms with Gasteiger partial charge in [0.2, 0.25) is 0 Å². The smallest absolute Gasteiger partial charge is 0.148 e. The summed E-state index contributed by atoms with van der Waals surface area (Å²) in [5, 5.41) is 12.3. The molecule has 5 heteroatoms. The van der Waals surface area contributed by atoms with Crippen LogP contribution in [0.1, 0.15) is 61.0 Å². The fourth-order valence-electron chi connectivity index (χ4n) is 9.43. The molecule has 10 rings (SSSR count). The second-order valence-electron chi connectivity index (χ2n) is 18.5. The van der Waals surface area contributed by atoms with Crippen molar-refractivity contribution in [2.75, 3.05) is 0 Å². The number of imidazole rings is 1. The van der Waals surface area contributed by atoms with Crippen LogP contribution in [-0.2, 0) is 31.9 Å². The molecule has 0 unspecified atom stereocenters. The van der Waals surface area contributed by atoms with Crippen molar-refractivity contribution in [1.82, 2.24) is 14.5 Å². The number of fused-ring (bicyclic) bond motifs is 1. The molecule has 0 amide bonds. The SMILES string of the molecule is [2H]C([2H])([2H])c1cc(-c2cc(-c3ccccc3C(C)(C)c3ccccc3)ccn2)[c-]c(-c2cccc3c2nc(-c2cccc(C(C)(C)C)c2O)n3-c2c(-c3ccccc3)cccc2-c2ccccc2)c1.[Pt]. The zero-order valence-corrected chi connectivity index (χ0v) is 40.4. The third-order valence-electron chi connectivity index (χ3n) is 12.8. The van der Waals surface area contributed by atoms with Gasteiger partial charge < -0.3 is 5.11 Å². The molecule has 1 N–H and O–H groups in total. The van der Waals surface area contributed by atoms with Gasteiger partial charge in [-0.1, -0.05) is 216 Å². The fraction of sp³-hybridized carbons (Fsp3) is 0.129. The predicted molar refractivity (Wildman–Crippen MR) is 274 cm³/mol. The van der Waals surface area contributed by atoms with Crippen molar-refractivity contribution >= 4 is 11.0 Å². The molecule has 0 fully saturated rings. The quantitative estimate of drug-likeness (QED) is 0.147. The Morgan fingerprint density at radius 3 is 1.76 bits per heavy atom. The number of hydrogen-bond acceptors (Lipinski definition) is 3. The maximum absolute atomic E-state index is 12.3. The first-order chi connectivity index (χ1) is 33.2. The third-order valence-corrected chi connectivity index (χ3v) is 12.8. The van der Waals surface area contributed by atoms with Gasteiger partial charge in [-0.25, -0.2) is 4.98 Å². The van der Waals surface area contributed by atoms with E-state index < -0.39 is 6.85 Å². The molecule has 0 atom stereocenters. The largest absolute Gasteiger partial charge is 0.507 e. The van der Waals surface area contributed by atoms with Gasteiger partial charge in [-0.15, -0.1) is 29.3 Å². The Balaban J connectivity index is 0.00000608. The predicted octanol–water partition coefficient (Wildman–Crippen LogP) is 15.9. The van der Waals surface area contributed by atoms with Crippen LogP contribution in [-0.4, -0.2) is 19.6 Å². The van der Waals surface area contributed by atoms with Crippen molar-refractivity contribution in [3.63, 3.8) is 0 Å². The molecule has 0 radical (unpaired) electrons. The number of rotatable bonds is 9. The van der Waals surface area contributed by atoms with Gasteiger partial charge in [-0.3, -0.25) is 9.55 Å². The molecule has 332 valence electrons. The number of hydrogen-bond donors (Lipinski definition) is 1. The van der Waals surface area contributed by atoms with E-state index in [2.05, 4.69) is 130 Å². The summed E-state index contributed by atoms with van der Waals surface area (Å²) in [6.45, 7) is 8.30. The van der Waals surface area contributed by atoms with E-state index in [0.717, 1.165) is 55.7 Å². The van der Waals surface area contributed by atoms with Crippen LogP contribution in [0.25, 0.3) is 83.9 Å². The molecule has 0 spiro atoms. The Morgan fingerprint density at radius 1 is 0.537 bits per heavy atom. The van der Waals surface area contributed by atoms with E-state index in [4.69, 9.17) is 14.1 Å². The minimum absolute atomic E-state index is 0. The first-order valence-electron chi connectivity index (χ1n) is 24.0. The van der Waals surface area contributed by atoms with Crippen LogP contribution < -0.4 is 0 Å². The van der Waals surface area contributed by atoms with E-state index >= 15 is 0 Å². The summed E-state index contributed by atoms with van der Waals surface area (Å²) < 4.78 is 28.4. The number of phenolic OH excluding ortho intramolecular Hbond substituents is 1. The van der Waals surface area contributed by atoms with Crippen molar-refractivity contribution in [3.05, 3.63) is 229 Å². The summed E-state index contributed by atoms with van der Waals surface area (Å²) in [6.07, 6.45) is 1.79. The van der Waals surface area contributed by atoms with Crippen molar-refractivity contribution in [2.24, 2.45) is 0 Å². The van der Waals surface area contributed by atoms with Gasteiger partial charge in [0.1, 0.15) is 11.6 Å². The third kappa shape index (κ3) is 8.48. The summed E-state index contributed by atoms with van der Waals surface area (Å²) in [6, 6.07) is 68.8. The van der Waals surface area contributed by atoms with E-state index in [1.165, 1.54) is 5.56 Å². The molecule has 4 nitrogen and oxygen atoms in total. The fourth-order valence-corrected chi connectivity index (χ4v) is 9.43. The molecule has 0 saturated carbocycles. The first kappa shape index (κ1) is 41.3. The van der Waals surface area contributed by atoms with Gasteiger partial charge in [0, 0.05) is 53.6 Å². The summed E-state index contributed by atoms with van der Waals surface area (Å²) in [5.74, 6) is 0.694. The second-order valence-corrected chi connectivity index (χ2v) is 18.5. The van der Waals surface area contributed by atoms with Gasteiger partial charge >= 0.3 is 0 Å². The molecule has 10 aromatic rings. The molecule has 2 aromatic heterocycles. The number of aryl methyl sites for hydroxylation is 1. The Labute approximate surface area is 413 Å². The zero-order chi connectivity index (χ0) is 48.1. The molecule has 0 aliphatic carbocycles. The molecule has 67 heavy (non-hydrogen) atoms. The number of nitrogens with zero attached hydrogens (tertiary/aromatic N) is 3. The maximum Gasteiger partial charge on any atom is 0.148 e. The normalized spacial score (nSPS) is 12.5. The molecule has 0 saturated heterocycles. The van der Waals surface area contributed by atoms with Crippen molar-refractivity contribution in [2.45, 2.75) is 52.3 Å². The average Bonchev–Trinajstić information content (AvgIpc) is 3.75. The molecular formula is C62H52N3OPt-. The van der Waals surface area contributed by atoms with Crippen molar-refractivity contribution in [1.29, 1.82) is 0 Å². The number of pyridine rings is 1. The van der Waals surface area contributed by atoms with Gasteiger partial charge in [0.25, 0.3) is 0 Å². The summed E-state index contributed by atoms with van der Waals surface area (Å²) in [7, 11) is 0. The van der Waals surface area contributed by atoms with Crippen molar-refractivity contribution < 1.29 is 30.3 Å². The van der Waals surface area contributed by atoms with Gasteiger partial charge in [0.05, 0.1) is 22.3 Å². The standard InChI is InChI=1S/C62H52N3O.Pt/c1-41-37-45(39-46(38-41)55-40-44(35-36-63-55)48-27-16-17-32-53(48)62(5,6)47-25-14-9-15-26-47)49-28-20-34-56-57(49)64-60(52-31-19-33-54(59(52)66)61(2,3)4)65(56)58-50(42-21-10-7-11-22-42)29-18-30-51(58)43-23-12-8-13-24-43;/h7-38,40,66H,1-6H3;/q-1;/i1D3;. The van der Waals surface area contributed by atoms with Gasteiger partial charge in [-0.05, 0) is 62.6 Å². The van der Waals surface area contributed by atoms with Gasteiger partial charge in [0.15, 0.2) is 0 Å². The average molecular weight is 1050 g/mol. The minimum Gasteiger partial charge on any atom is -0.507 e. The zero-order valence-electron chi connectivity index (χ0n) is 41.2. The number of aromatic hydroxyl groups is 1. The van der Waals surface area contributed by atoms with Crippen molar-refractivity contribution in [3.8, 4) is 78.6 Å². The van der Waals surface area contributed by atoms with Crippen LogP contribution in [0.5, 0.6) is 5.75 Å². The Hall–Kier alpha value is -7.13. The van der Waals surface area contributed by atoms with Crippen LogP contribution in [0.3, 0.4) is 0 Å². The summed E-state index contributed by atoms with van der Waals surface area (Å²) in [5.41, 5.74) is 13.9. The monoisotopic (exact) mass is 1050 g/mol. The Kier molecular flexibility index (Phi) is 11.3. The second kappa shape index (κ2) is 18.3. The first-order valence-corrected chi connectivity index (χ1v) is 22.5. The minimum atomic E-state index is -2.45. The maximum atomic E-state index is 12.3. The number of phenols is 1. The van der Waals surface area contributed by atoms with Crippen LogP contribution in [0.2, 0.25) is 0 Å². The Bertz CT molecular complexity index is 3450. The molecule has 0 aliphatic heterocycles. The van der Waals surface area contributed by atoms with E-state index in [-0.39, 0.29) is 43.2 Å². The Morgan fingerprint density at radius 2 is 1.09 bits per heavy atom. The van der Waals surface area contributed by atoms with E-state index in [0.29, 0.717) is 39.3 Å².